The van der Waals surface area contributed by atoms with Crippen LogP contribution < -0.4 is 0 Å². The van der Waals surface area contributed by atoms with Gasteiger partial charge in [-0.15, -0.1) is 0 Å². The highest BCUT2D eigenvalue weighted by molar-refractivity contribution is 5.86. The Hall–Kier alpha value is -2.21. The fraction of sp³-hybridized carbons (Fsp3) is 0.400. The normalized spacial score (nSPS) is 21.0. The van der Waals surface area contributed by atoms with Gasteiger partial charge in [-0.2, -0.15) is 0 Å². The second kappa shape index (κ2) is 8.86. The highest BCUT2D eigenvalue weighted by atomic mass is 16.5. The van der Waals surface area contributed by atoms with E-state index in [0.29, 0.717) is 19.6 Å². The minimum Gasteiger partial charge on any atom is -0.478 e. The van der Waals surface area contributed by atoms with E-state index in [2.05, 4.69) is 17.9 Å². The summed E-state index contributed by atoms with van der Waals surface area (Å²) in [7, 11) is 0. The molecule has 116 valence electrons. The molecular weight excluding hydrogens is 274 g/mol. The molecule has 6 heteroatoms. The van der Waals surface area contributed by atoms with Crippen LogP contribution in [0, 0.1) is 0 Å². The molecule has 1 rings (SSSR count). The van der Waals surface area contributed by atoms with Crippen LogP contribution in [-0.4, -0.2) is 40.6 Å². The summed E-state index contributed by atoms with van der Waals surface area (Å²) in [5.74, 6) is -1.34. The number of nitrogens with zero attached hydrogens (tertiary/aromatic N) is 1. The van der Waals surface area contributed by atoms with Crippen LogP contribution >= 0.6 is 0 Å². The van der Waals surface area contributed by atoms with Crippen molar-refractivity contribution >= 4 is 17.8 Å². The molecule has 6 nitrogen and oxygen atoms in total. The molecule has 1 heterocycles. The number of carboxylic acids is 1. The lowest BCUT2D eigenvalue weighted by Crippen LogP contribution is -2.38. The Morgan fingerprint density at radius 2 is 2.05 bits per heavy atom. The first-order chi connectivity index (χ1) is 9.82. The first-order valence-corrected chi connectivity index (χ1v) is 6.59. The summed E-state index contributed by atoms with van der Waals surface area (Å²) in [4.78, 5) is 32.2. The van der Waals surface area contributed by atoms with E-state index in [1.807, 2.05) is 0 Å². The van der Waals surface area contributed by atoms with Crippen molar-refractivity contribution in [2.24, 2.45) is 0 Å². The molecule has 0 aliphatic carbocycles. The van der Waals surface area contributed by atoms with E-state index in [-0.39, 0.29) is 21.9 Å². The van der Waals surface area contributed by atoms with Gasteiger partial charge >= 0.3 is 17.8 Å². The van der Waals surface area contributed by atoms with E-state index in [1.54, 1.807) is 6.92 Å². The van der Waals surface area contributed by atoms with Crippen LogP contribution in [0.15, 0.2) is 37.2 Å². The van der Waals surface area contributed by atoms with Gasteiger partial charge in [0.25, 0.3) is 0 Å². The summed E-state index contributed by atoms with van der Waals surface area (Å²) in [6.07, 6.45) is 5.39. The van der Waals surface area contributed by atoms with Gasteiger partial charge in [0.15, 0.2) is 0 Å². The van der Waals surface area contributed by atoms with Crippen molar-refractivity contribution in [1.29, 1.82) is 0 Å². The number of hydrogen-bond acceptors (Lipinski definition) is 4. The molecule has 0 aromatic rings. The third-order valence-corrected chi connectivity index (χ3v) is 2.92. The minimum atomic E-state index is -0.996. The topological polar surface area (TPSA) is 80.7 Å². The number of hydrogen-bond donors (Lipinski definition) is 1. The predicted octanol–water partition coefficient (Wildman–Crippen LogP) is 1.99. The highest BCUT2D eigenvalue weighted by Gasteiger charge is 2.38. The molecular formula is C15H22NO5+. The smallest absolute Gasteiger partial charge is 0.336 e. The Labute approximate surface area is 124 Å². The zero-order valence-corrected chi connectivity index (χ0v) is 12.5. The SMILES string of the molecule is C=CC(=O)OCC.C=C[N+]1(C=C(C)C(=O)O)CCCC1=O. The standard InChI is InChI=1S/C10H13NO3.C5H8O2/c1-3-11(6-4-5-9(11)12)7-8(2)10(13)14;1-3-5(6)7-4-2/h3,7H,1,4-6H2,2H3;3H,1,4H2,2H3/p+1. The maximum Gasteiger partial charge on any atom is 0.336 e. The van der Waals surface area contributed by atoms with Crippen LogP contribution in [0.5, 0.6) is 0 Å². The maximum absolute atomic E-state index is 11.5. The van der Waals surface area contributed by atoms with Gasteiger partial charge in [0.1, 0.15) is 12.4 Å². The largest absolute Gasteiger partial charge is 0.478 e. The van der Waals surface area contributed by atoms with E-state index in [9.17, 15) is 14.4 Å². The molecule has 0 bridgehead atoms. The molecule has 0 aromatic heterocycles. The number of quaternary nitrogens is 1. The average Bonchev–Trinajstić information content (AvgIpc) is 2.81. The van der Waals surface area contributed by atoms with Gasteiger partial charge in [-0.3, -0.25) is 0 Å². The highest BCUT2D eigenvalue weighted by Crippen LogP contribution is 2.23. The molecule has 0 radical (unpaired) electrons. The van der Waals surface area contributed by atoms with E-state index in [0.717, 1.165) is 12.5 Å². The monoisotopic (exact) mass is 296 g/mol. The fourth-order valence-electron chi connectivity index (χ4n) is 1.81. The first kappa shape index (κ1) is 18.8. The van der Waals surface area contributed by atoms with Crippen molar-refractivity contribution < 1.29 is 28.7 Å². The Kier molecular flexibility index (Phi) is 7.93. The zero-order chi connectivity index (χ0) is 16.5. The van der Waals surface area contributed by atoms with Gasteiger partial charge in [0, 0.05) is 12.5 Å². The summed E-state index contributed by atoms with van der Waals surface area (Å²) in [5.41, 5.74) is 0.181. The molecule has 1 N–H and O–H groups in total. The Bertz CT molecular complexity index is 467. The molecule has 0 saturated carbocycles. The van der Waals surface area contributed by atoms with Crippen molar-refractivity contribution in [2.75, 3.05) is 13.2 Å². The second-order valence-electron chi connectivity index (χ2n) is 4.41. The molecule has 1 aliphatic heterocycles. The van der Waals surface area contributed by atoms with Crippen LogP contribution in [0.2, 0.25) is 0 Å². The van der Waals surface area contributed by atoms with Crippen molar-refractivity contribution in [1.82, 2.24) is 0 Å². The van der Waals surface area contributed by atoms with Gasteiger partial charge in [0.2, 0.25) is 0 Å². The number of carbonyl (C=O) groups excluding carboxylic acids is 2. The molecule has 1 saturated heterocycles. The van der Waals surface area contributed by atoms with Crippen LogP contribution in [0.1, 0.15) is 26.7 Å². The second-order valence-corrected chi connectivity index (χ2v) is 4.41. The van der Waals surface area contributed by atoms with Gasteiger partial charge < -0.3 is 9.84 Å². The van der Waals surface area contributed by atoms with E-state index < -0.39 is 5.97 Å². The lowest BCUT2D eigenvalue weighted by molar-refractivity contribution is -0.739. The van der Waals surface area contributed by atoms with Crippen molar-refractivity contribution in [2.45, 2.75) is 26.7 Å². The number of likely N-dealkylation sites (tertiary alicyclic amines) is 1. The Balaban J connectivity index is 0.000000486. The van der Waals surface area contributed by atoms with Crippen LogP contribution in [0.4, 0.5) is 0 Å². The lowest BCUT2D eigenvalue weighted by Gasteiger charge is -2.21. The molecule has 21 heavy (non-hydrogen) atoms. The zero-order valence-electron chi connectivity index (χ0n) is 12.5. The van der Waals surface area contributed by atoms with Crippen molar-refractivity contribution in [3.05, 3.63) is 37.2 Å². The molecule has 0 aromatic carbocycles. The number of amides is 1. The maximum atomic E-state index is 11.5. The van der Waals surface area contributed by atoms with Crippen molar-refractivity contribution in [3.63, 3.8) is 0 Å². The first-order valence-electron chi connectivity index (χ1n) is 6.59. The number of esters is 1. The van der Waals surface area contributed by atoms with Crippen molar-refractivity contribution in [3.8, 4) is 0 Å². The number of carboxylic acid groups (broad SMARTS) is 1. The van der Waals surface area contributed by atoms with Crippen LogP contribution in [0.25, 0.3) is 0 Å². The van der Waals surface area contributed by atoms with Gasteiger partial charge in [0.05, 0.1) is 25.1 Å². The van der Waals surface area contributed by atoms with Crippen LogP contribution in [0.3, 0.4) is 0 Å². The Morgan fingerprint density at radius 1 is 1.43 bits per heavy atom. The van der Waals surface area contributed by atoms with E-state index >= 15 is 0 Å². The summed E-state index contributed by atoms with van der Waals surface area (Å²) >= 11 is 0. The Morgan fingerprint density at radius 3 is 2.33 bits per heavy atom. The van der Waals surface area contributed by atoms with Crippen LogP contribution in [-0.2, 0) is 19.1 Å². The fourth-order valence-corrected chi connectivity index (χ4v) is 1.81. The molecule has 1 aliphatic rings. The van der Waals surface area contributed by atoms with E-state index in [1.165, 1.54) is 19.3 Å². The molecule has 0 spiro atoms. The molecule has 1 fully saturated rings. The third-order valence-electron chi connectivity index (χ3n) is 2.92. The van der Waals surface area contributed by atoms with Gasteiger partial charge in [-0.1, -0.05) is 6.58 Å². The third kappa shape index (κ3) is 5.74. The molecule has 1 unspecified atom stereocenters. The minimum absolute atomic E-state index is 0.0144. The molecule has 1 amide bonds. The number of aliphatic carboxylic acids is 1. The molecule has 1 atom stereocenters. The van der Waals surface area contributed by atoms with Gasteiger partial charge in [-0.05, 0) is 20.4 Å². The lowest BCUT2D eigenvalue weighted by atomic mass is 10.3. The summed E-state index contributed by atoms with van der Waals surface area (Å²) in [6, 6.07) is 0. The quantitative estimate of drug-likeness (QED) is 0.477. The van der Waals surface area contributed by atoms with E-state index in [4.69, 9.17) is 5.11 Å². The summed E-state index contributed by atoms with van der Waals surface area (Å²) < 4.78 is 4.40. The predicted molar refractivity (Wildman–Crippen MR) is 77.8 cm³/mol. The van der Waals surface area contributed by atoms with Gasteiger partial charge in [-0.25, -0.2) is 18.9 Å². The summed E-state index contributed by atoms with van der Waals surface area (Å²) in [5, 5.41) is 8.71. The summed E-state index contributed by atoms with van der Waals surface area (Å²) in [6.45, 7) is 11.1. The number of rotatable bonds is 5. The number of carbonyl (C=O) groups is 3. The average molecular weight is 296 g/mol. The number of ether oxygens (including phenoxy) is 1.